The Balaban J connectivity index is 1.09. The molecule has 0 radical (unpaired) electrons. The molecule has 10 rings (SSSR count). The van der Waals surface area contributed by atoms with Gasteiger partial charge in [0.2, 0.25) is 5.75 Å². The second kappa shape index (κ2) is 20.6. The zero-order valence-electron chi connectivity index (χ0n) is 41.8. The minimum Gasteiger partial charge on any atom is -0.507 e. The number of aliphatic hydroxyl groups excluding tert-OH is 2. The van der Waals surface area contributed by atoms with E-state index in [1.165, 1.54) is 39.4 Å². The number of nitrogens with one attached hydrogen (secondary N) is 1. The average molecular weight is 1030 g/mol. The highest BCUT2D eigenvalue weighted by Crippen LogP contribution is 2.54. The van der Waals surface area contributed by atoms with Crippen molar-refractivity contribution < 1.29 is 77.4 Å². The molecule has 5 bridgehead atoms. The monoisotopic (exact) mass is 1030 g/mol. The number of epoxide rings is 1. The van der Waals surface area contributed by atoms with Crippen LogP contribution in [0.3, 0.4) is 0 Å². The first-order chi connectivity index (χ1) is 34.7. The van der Waals surface area contributed by atoms with Gasteiger partial charge in [-0.3, -0.25) is 4.79 Å². The van der Waals surface area contributed by atoms with Gasteiger partial charge in [-0.1, -0.05) is 35.3 Å². The van der Waals surface area contributed by atoms with Gasteiger partial charge in [-0.2, -0.15) is 0 Å². The summed E-state index contributed by atoms with van der Waals surface area (Å²) in [5, 5.41) is 48.0. The smallest absolute Gasteiger partial charge is 0.329 e. The molecule has 19 nitrogen and oxygen atoms in total. The van der Waals surface area contributed by atoms with Gasteiger partial charge in [0.15, 0.2) is 46.7 Å². The molecule has 0 saturated carbocycles. The summed E-state index contributed by atoms with van der Waals surface area (Å²) in [7, 11) is 6.58. The van der Waals surface area contributed by atoms with Crippen molar-refractivity contribution in [2.45, 2.75) is 145 Å². The highest BCUT2D eigenvalue weighted by Gasteiger charge is 2.70. The summed E-state index contributed by atoms with van der Waals surface area (Å²) in [5.41, 5.74) is -2.05. The number of pyridine rings is 1. The topological polar surface area (TPSA) is 239 Å². The van der Waals surface area contributed by atoms with E-state index in [0.717, 1.165) is 0 Å². The Morgan fingerprint density at radius 1 is 1.03 bits per heavy atom. The van der Waals surface area contributed by atoms with Crippen molar-refractivity contribution in [3.63, 3.8) is 0 Å². The van der Waals surface area contributed by atoms with Crippen molar-refractivity contribution in [2.75, 3.05) is 34.9 Å². The number of amides is 1. The SMILES string of the molecule is COc1c(OC(C)C)cc2cc(O)c(C(=O)NC3Cc4ccc(c(Cl)n4)O[C@@H]4C=C5C#C/C(=C\C#C[C@@H]6OC56[C@H]4O[C@H]4C[C@@](C)(O)[C@@H](O)[C@H](C)O4)C(O[C@H]4C[C@H](O)[C@H](N(C)C)[C@H](C)O4)COC3=O)cc2c1OC. The summed E-state index contributed by atoms with van der Waals surface area (Å²) in [6, 6.07) is 5.81. The van der Waals surface area contributed by atoms with Gasteiger partial charge in [-0.15, -0.1) is 0 Å². The number of phenols is 1. The van der Waals surface area contributed by atoms with E-state index < -0.39 is 103 Å². The van der Waals surface area contributed by atoms with Crippen LogP contribution in [0.15, 0.2) is 53.6 Å². The number of likely N-dealkylation sites (N-methyl/N-ethyl adjacent to an activating group) is 1. The number of halogens is 1. The number of carbonyl (C=O) groups excluding carboxylic acids is 2. The third kappa shape index (κ3) is 10.3. The van der Waals surface area contributed by atoms with Crippen LogP contribution in [0.4, 0.5) is 0 Å². The van der Waals surface area contributed by atoms with Crippen LogP contribution in [0.2, 0.25) is 5.15 Å². The quantitative estimate of drug-likeness (QED) is 0.0800. The molecular weight excluding hydrogens is 970 g/mol. The molecule has 73 heavy (non-hydrogen) atoms. The lowest BCUT2D eigenvalue weighted by molar-refractivity contribution is -0.290. The molecular formula is C53H60ClN3O16. The standard InChI is InChI=1S/C53H60ClN3O16/c1-25(2)67-38-18-29-17-35(58)33(21-32(29)45(64-8)46(38)65-9)50(61)56-34-20-31-15-16-37(49(54)55-31)70-39-19-30-14-13-28(40(24-66-51(34)62)71-42-22-36(59)44(57(6)7)26(3)68-42)11-10-12-41-53(30,73-41)48(39)72-43-23-52(5,63)47(60)27(4)69-43/h11,15-19,21,25-27,34,36,39-44,47-48,58-60,63H,20,22-24H2,1-9H3,(H,56,61)/b28-11+/t26-,27-,34?,36-,39+,40?,41-,42-,43-,44+,47-,48-,52+,53?/m0/s1. The second-order valence-electron chi connectivity index (χ2n) is 19.7. The Kier molecular flexibility index (Phi) is 14.7. The molecule has 390 valence electrons. The van der Waals surface area contributed by atoms with Gasteiger partial charge in [0.25, 0.3) is 5.91 Å². The van der Waals surface area contributed by atoms with Crippen molar-refractivity contribution >= 4 is 34.2 Å². The van der Waals surface area contributed by atoms with E-state index >= 15 is 0 Å². The van der Waals surface area contributed by atoms with Gasteiger partial charge in [-0.25, -0.2) is 9.78 Å². The average Bonchev–Trinajstić information content (AvgIpc) is 3.95. The van der Waals surface area contributed by atoms with Gasteiger partial charge in [0.1, 0.15) is 42.8 Å². The number of fused-ring (bicyclic) bond motifs is 8. The lowest BCUT2D eigenvalue weighted by Gasteiger charge is -2.43. The number of allylic oxidation sites excluding steroid dienone is 1. The number of methoxy groups -OCH3 is 2. The van der Waals surface area contributed by atoms with Gasteiger partial charge in [0.05, 0.1) is 55.8 Å². The van der Waals surface area contributed by atoms with Crippen LogP contribution in [0, 0.1) is 23.7 Å². The zero-order valence-corrected chi connectivity index (χ0v) is 42.6. The fraction of sp³-hybridized carbons (Fsp3) is 0.528. The number of hydrogen-bond acceptors (Lipinski definition) is 18. The van der Waals surface area contributed by atoms with Gasteiger partial charge < -0.3 is 78.0 Å². The number of phenolic OH excluding ortho intramolecular Hbond substituents is 1. The minimum atomic E-state index is -1.55. The van der Waals surface area contributed by atoms with Crippen molar-refractivity contribution in [1.29, 1.82) is 0 Å². The van der Waals surface area contributed by atoms with Crippen LogP contribution < -0.4 is 24.3 Å². The van der Waals surface area contributed by atoms with Crippen LogP contribution in [0.5, 0.6) is 28.7 Å². The molecule has 3 aromatic rings. The van der Waals surface area contributed by atoms with E-state index in [1.54, 1.807) is 31.2 Å². The fourth-order valence-electron chi connectivity index (χ4n) is 10.3. The Labute approximate surface area is 427 Å². The molecule has 2 aliphatic carbocycles. The maximum Gasteiger partial charge on any atom is 0.329 e. The van der Waals surface area contributed by atoms with Crippen molar-refractivity contribution in [3.05, 3.63) is 70.0 Å². The predicted octanol–water partition coefficient (Wildman–Crippen LogP) is 3.51. The first kappa shape index (κ1) is 52.2. The van der Waals surface area contributed by atoms with Crippen molar-refractivity contribution in [1.82, 2.24) is 15.2 Å². The molecule has 14 atom stereocenters. The first-order valence-electron chi connectivity index (χ1n) is 24.1. The molecule has 1 amide bonds. The molecule has 1 aromatic heterocycles. The van der Waals surface area contributed by atoms with Crippen LogP contribution in [0.1, 0.15) is 63.5 Å². The summed E-state index contributed by atoms with van der Waals surface area (Å²) in [4.78, 5) is 35.3. The van der Waals surface area contributed by atoms with E-state index in [4.69, 9.17) is 59.0 Å². The fourth-order valence-corrected chi connectivity index (χ4v) is 10.5. The molecule has 1 spiro atoms. The van der Waals surface area contributed by atoms with Gasteiger partial charge in [0, 0.05) is 47.6 Å². The Bertz CT molecular complexity index is 2840. The van der Waals surface area contributed by atoms with E-state index in [-0.39, 0.29) is 70.6 Å². The summed E-state index contributed by atoms with van der Waals surface area (Å²) >= 11 is 6.86. The molecule has 5 N–H and O–H groups in total. The van der Waals surface area contributed by atoms with Crippen LogP contribution >= 0.6 is 11.6 Å². The van der Waals surface area contributed by atoms with E-state index in [1.807, 2.05) is 39.8 Å². The van der Waals surface area contributed by atoms with Crippen LogP contribution in [-0.2, 0) is 39.6 Å². The molecule has 3 fully saturated rings. The number of aliphatic hydroxyl groups is 3. The summed E-state index contributed by atoms with van der Waals surface area (Å²) in [5.74, 6) is 11.4. The lowest BCUT2D eigenvalue weighted by Crippen LogP contribution is -2.57. The molecule has 7 aliphatic rings. The maximum atomic E-state index is 14.5. The number of esters is 1. The lowest BCUT2D eigenvalue weighted by atomic mass is 9.88. The van der Waals surface area contributed by atoms with Crippen molar-refractivity contribution in [3.8, 4) is 52.4 Å². The van der Waals surface area contributed by atoms with E-state index in [0.29, 0.717) is 22.1 Å². The molecule has 5 aliphatic heterocycles. The largest absolute Gasteiger partial charge is 0.507 e. The number of nitrogens with zero attached hydrogens (tertiary/aromatic N) is 2. The number of ether oxygens (including phenoxy) is 10. The molecule has 3 unspecified atom stereocenters. The number of hydrogen-bond donors (Lipinski definition) is 5. The molecule has 2 aromatic carbocycles. The van der Waals surface area contributed by atoms with Crippen LogP contribution in [0.25, 0.3) is 10.8 Å². The maximum absolute atomic E-state index is 14.5. The predicted molar refractivity (Wildman–Crippen MR) is 261 cm³/mol. The zero-order chi connectivity index (χ0) is 52.3. The van der Waals surface area contributed by atoms with E-state index in [9.17, 15) is 30.0 Å². The van der Waals surface area contributed by atoms with Crippen LogP contribution in [-0.4, -0.2) is 168 Å². The third-order valence-corrected chi connectivity index (χ3v) is 14.1. The summed E-state index contributed by atoms with van der Waals surface area (Å²) in [6.45, 7) is 8.20. The highest BCUT2D eigenvalue weighted by atomic mass is 35.5. The van der Waals surface area contributed by atoms with E-state index in [2.05, 4.69) is 34.0 Å². The number of rotatable bonds is 11. The first-order valence-corrected chi connectivity index (χ1v) is 24.5. The van der Waals surface area contributed by atoms with Gasteiger partial charge >= 0.3 is 5.97 Å². The minimum absolute atomic E-state index is 0.0664. The third-order valence-electron chi connectivity index (χ3n) is 13.8. The highest BCUT2D eigenvalue weighted by molar-refractivity contribution is 6.30. The number of carbonyl (C=O) groups is 2. The molecule has 6 heterocycles. The Morgan fingerprint density at radius 3 is 2.47 bits per heavy atom. The normalized spacial score (nSPS) is 34.3. The summed E-state index contributed by atoms with van der Waals surface area (Å²) in [6.07, 6.45) is -6.35. The number of aromatic hydroxyl groups is 1. The van der Waals surface area contributed by atoms with Gasteiger partial charge in [-0.05, 0) is 90.5 Å². The number of benzene rings is 2. The Hall–Kier alpha value is -5.68. The summed E-state index contributed by atoms with van der Waals surface area (Å²) < 4.78 is 61.9. The Morgan fingerprint density at radius 2 is 1.78 bits per heavy atom. The van der Waals surface area contributed by atoms with Crippen molar-refractivity contribution in [2.24, 2.45) is 0 Å². The molecule has 20 heteroatoms. The molecule has 3 saturated heterocycles. The second-order valence-corrected chi connectivity index (χ2v) is 20.1. The number of aromatic nitrogens is 1.